The Morgan fingerprint density at radius 1 is 0.882 bits per heavy atom. The molecule has 0 spiro atoms. The zero-order chi connectivity index (χ0) is 13.1. The highest BCUT2D eigenvalue weighted by molar-refractivity contribution is 5.57. The molecule has 3 heteroatoms. The van der Waals surface area contributed by atoms with Crippen molar-refractivity contribution in [2.75, 3.05) is 0 Å². The van der Waals surface area contributed by atoms with Crippen molar-refractivity contribution in [3.05, 3.63) is 42.4 Å². The minimum atomic E-state index is 0.808. The molecule has 0 amide bonds. The van der Waals surface area contributed by atoms with E-state index in [1.165, 1.54) is 11.9 Å². The maximum Gasteiger partial charge on any atom is 0.138 e. The fourth-order valence-electron chi connectivity index (χ4n) is 1.10. The van der Waals surface area contributed by atoms with Crippen molar-refractivity contribution >= 4 is 0 Å². The Kier molecular flexibility index (Phi) is 8.47. The predicted molar refractivity (Wildman–Crippen MR) is 72.7 cm³/mol. The van der Waals surface area contributed by atoms with Gasteiger partial charge in [0.05, 0.1) is 6.20 Å². The second-order valence-electron chi connectivity index (χ2n) is 2.86. The van der Waals surface area contributed by atoms with Crippen LogP contribution >= 0.6 is 0 Å². The summed E-state index contributed by atoms with van der Waals surface area (Å²) in [6.07, 6.45) is 3.13. The number of benzene rings is 1. The zero-order valence-electron chi connectivity index (χ0n) is 11.3. The Balaban J connectivity index is 0.000000581. The Hall–Kier alpha value is -1.77. The van der Waals surface area contributed by atoms with E-state index in [1.807, 2.05) is 52.0 Å². The molecule has 2 rings (SSSR count). The van der Waals surface area contributed by atoms with Crippen LogP contribution in [0.3, 0.4) is 0 Å². The van der Waals surface area contributed by atoms with Crippen molar-refractivity contribution in [3.63, 3.8) is 0 Å². The second kappa shape index (κ2) is 9.46. The molecule has 0 aliphatic heterocycles. The minimum absolute atomic E-state index is 0.808. The summed E-state index contributed by atoms with van der Waals surface area (Å²) in [6.45, 7) is 10.1. The van der Waals surface area contributed by atoms with E-state index in [2.05, 4.69) is 22.1 Å². The number of aromatic nitrogens is 3. The van der Waals surface area contributed by atoms with Gasteiger partial charge in [0.25, 0.3) is 0 Å². The molecule has 0 aliphatic rings. The number of rotatable bonds is 1. The standard InChI is InChI=1S/C10H9N3.2C2H6/c1-8-2-4-9(5-3-8)10-6-11-7-12-13-10;2*1-2/h2-7H,1H3;2*1-2H3. The van der Waals surface area contributed by atoms with Crippen LogP contribution in [0.15, 0.2) is 36.8 Å². The first-order valence-corrected chi connectivity index (χ1v) is 6.06. The largest absolute Gasteiger partial charge is 0.241 e. The van der Waals surface area contributed by atoms with Crippen molar-refractivity contribution in [1.29, 1.82) is 0 Å². The van der Waals surface area contributed by atoms with Crippen LogP contribution in [-0.2, 0) is 0 Å². The number of hydrogen-bond donors (Lipinski definition) is 0. The Bertz CT molecular complexity index is 382. The lowest BCUT2D eigenvalue weighted by molar-refractivity contribution is 0.976. The van der Waals surface area contributed by atoms with Gasteiger partial charge in [-0.3, -0.25) is 0 Å². The van der Waals surface area contributed by atoms with Gasteiger partial charge in [0.1, 0.15) is 12.0 Å². The summed E-state index contributed by atoms with van der Waals surface area (Å²) in [7, 11) is 0. The van der Waals surface area contributed by atoms with E-state index in [1.54, 1.807) is 6.20 Å². The Morgan fingerprint density at radius 2 is 1.47 bits per heavy atom. The zero-order valence-corrected chi connectivity index (χ0v) is 11.3. The molecule has 1 aromatic carbocycles. The number of hydrogen-bond acceptors (Lipinski definition) is 3. The summed E-state index contributed by atoms with van der Waals surface area (Å²) in [5.41, 5.74) is 3.09. The molecular weight excluding hydrogens is 210 g/mol. The highest BCUT2D eigenvalue weighted by Gasteiger charge is 1.97. The average Bonchev–Trinajstić information content (AvgIpc) is 2.45. The third-order valence-corrected chi connectivity index (χ3v) is 1.83. The lowest BCUT2D eigenvalue weighted by Gasteiger charge is -1.98. The summed E-state index contributed by atoms with van der Waals surface area (Å²) in [5, 5.41) is 7.69. The molecular formula is C14H21N3. The first-order valence-electron chi connectivity index (χ1n) is 6.06. The van der Waals surface area contributed by atoms with Crippen molar-refractivity contribution in [3.8, 4) is 11.3 Å². The normalized spacial score (nSPS) is 8.29. The molecule has 1 heterocycles. The van der Waals surface area contributed by atoms with Gasteiger partial charge in [0, 0.05) is 5.56 Å². The molecule has 3 nitrogen and oxygen atoms in total. The Labute approximate surface area is 104 Å². The van der Waals surface area contributed by atoms with Gasteiger partial charge in [-0.1, -0.05) is 57.5 Å². The maximum atomic E-state index is 3.97. The highest BCUT2D eigenvalue weighted by Crippen LogP contribution is 2.14. The molecule has 0 radical (unpaired) electrons. The van der Waals surface area contributed by atoms with Crippen molar-refractivity contribution in [2.24, 2.45) is 0 Å². The van der Waals surface area contributed by atoms with Crippen LogP contribution < -0.4 is 0 Å². The first-order chi connectivity index (χ1) is 8.36. The molecule has 0 unspecified atom stereocenters. The monoisotopic (exact) mass is 231 g/mol. The summed E-state index contributed by atoms with van der Waals surface area (Å²) >= 11 is 0. The molecule has 17 heavy (non-hydrogen) atoms. The number of nitrogens with zero attached hydrogens (tertiary/aromatic N) is 3. The maximum absolute atomic E-state index is 3.97. The van der Waals surface area contributed by atoms with E-state index in [-0.39, 0.29) is 0 Å². The van der Waals surface area contributed by atoms with Crippen LogP contribution in [0.25, 0.3) is 11.3 Å². The van der Waals surface area contributed by atoms with Gasteiger partial charge in [-0.2, -0.15) is 0 Å². The van der Waals surface area contributed by atoms with Gasteiger partial charge in [-0.05, 0) is 6.92 Å². The fraction of sp³-hybridized carbons (Fsp3) is 0.357. The van der Waals surface area contributed by atoms with E-state index in [4.69, 9.17) is 0 Å². The quantitative estimate of drug-likeness (QED) is 0.747. The van der Waals surface area contributed by atoms with Crippen molar-refractivity contribution < 1.29 is 0 Å². The molecule has 0 N–H and O–H groups in total. The molecule has 0 atom stereocenters. The smallest absolute Gasteiger partial charge is 0.138 e. The van der Waals surface area contributed by atoms with Gasteiger partial charge in [0.15, 0.2) is 0 Å². The molecule has 1 aromatic heterocycles. The van der Waals surface area contributed by atoms with Crippen LogP contribution in [0.5, 0.6) is 0 Å². The van der Waals surface area contributed by atoms with Crippen LogP contribution in [0.1, 0.15) is 33.3 Å². The van der Waals surface area contributed by atoms with Gasteiger partial charge in [0.2, 0.25) is 0 Å². The van der Waals surface area contributed by atoms with Gasteiger partial charge in [-0.15, -0.1) is 10.2 Å². The molecule has 0 bridgehead atoms. The van der Waals surface area contributed by atoms with Gasteiger partial charge >= 0.3 is 0 Å². The van der Waals surface area contributed by atoms with Crippen LogP contribution in [-0.4, -0.2) is 15.2 Å². The molecule has 0 fully saturated rings. The van der Waals surface area contributed by atoms with Crippen LogP contribution in [0.2, 0.25) is 0 Å². The van der Waals surface area contributed by atoms with E-state index in [0.717, 1.165) is 11.3 Å². The third-order valence-electron chi connectivity index (χ3n) is 1.83. The molecule has 0 saturated heterocycles. The minimum Gasteiger partial charge on any atom is -0.241 e. The van der Waals surface area contributed by atoms with E-state index in [9.17, 15) is 0 Å². The third kappa shape index (κ3) is 5.20. The Morgan fingerprint density at radius 3 is 1.94 bits per heavy atom. The molecule has 92 valence electrons. The van der Waals surface area contributed by atoms with Crippen LogP contribution in [0, 0.1) is 6.92 Å². The molecule has 2 aromatic rings. The van der Waals surface area contributed by atoms with E-state index >= 15 is 0 Å². The topological polar surface area (TPSA) is 38.7 Å². The summed E-state index contributed by atoms with van der Waals surface area (Å²) < 4.78 is 0. The molecule has 0 saturated carbocycles. The SMILES string of the molecule is CC.CC.Cc1ccc(-c2cncnn2)cc1. The molecule has 0 aliphatic carbocycles. The van der Waals surface area contributed by atoms with E-state index < -0.39 is 0 Å². The van der Waals surface area contributed by atoms with Crippen LogP contribution in [0.4, 0.5) is 0 Å². The number of aryl methyl sites for hydroxylation is 1. The van der Waals surface area contributed by atoms with E-state index in [0.29, 0.717) is 0 Å². The lowest BCUT2D eigenvalue weighted by atomic mass is 10.1. The second-order valence-corrected chi connectivity index (χ2v) is 2.86. The van der Waals surface area contributed by atoms with Crippen molar-refractivity contribution in [1.82, 2.24) is 15.2 Å². The summed E-state index contributed by atoms with van der Waals surface area (Å²) in [4.78, 5) is 3.91. The fourth-order valence-corrected chi connectivity index (χ4v) is 1.10. The van der Waals surface area contributed by atoms with Gasteiger partial charge in [-0.25, -0.2) is 4.98 Å². The highest BCUT2D eigenvalue weighted by atomic mass is 15.1. The lowest BCUT2D eigenvalue weighted by Crippen LogP contribution is -1.87. The summed E-state index contributed by atoms with van der Waals surface area (Å²) in [5.74, 6) is 0. The van der Waals surface area contributed by atoms with Gasteiger partial charge < -0.3 is 0 Å². The van der Waals surface area contributed by atoms with Crippen molar-refractivity contribution in [2.45, 2.75) is 34.6 Å². The predicted octanol–water partition coefficient (Wildman–Crippen LogP) is 3.90. The average molecular weight is 231 g/mol. The summed E-state index contributed by atoms with van der Waals surface area (Å²) in [6, 6.07) is 8.12. The first kappa shape index (κ1) is 15.2.